The van der Waals surface area contributed by atoms with Gasteiger partial charge in [-0.05, 0) is 44.3 Å². The molecule has 0 aromatic carbocycles. The van der Waals surface area contributed by atoms with Crippen LogP contribution < -0.4 is 0 Å². The second kappa shape index (κ2) is 17.5. The van der Waals surface area contributed by atoms with Crippen molar-refractivity contribution in [2.45, 2.75) is 58.3 Å². The van der Waals surface area contributed by atoms with Gasteiger partial charge in [-0.25, -0.2) is 0 Å². The Morgan fingerprint density at radius 2 is 1.79 bits per heavy atom. The minimum atomic E-state index is 0.654. The van der Waals surface area contributed by atoms with Crippen molar-refractivity contribution in [1.82, 2.24) is 0 Å². The summed E-state index contributed by atoms with van der Waals surface area (Å²) in [5, 5.41) is 0. The molecule has 0 fully saturated rings. The van der Waals surface area contributed by atoms with Gasteiger partial charge in [-0.2, -0.15) is 0 Å². The van der Waals surface area contributed by atoms with Gasteiger partial charge in [0, 0.05) is 5.88 Å². The van der Waals surface area contributed by atoms with Gasteiger partial charge >= 0.3 is 0 Å². The monoisotopic (exact) mass is 284 g/mol. The predicted octanol–water partition coefficient (Wildman–Crippen LogP) is 5.65. The lowest BCUT2D eigenvalue weighted by Gasteiger charge is -1.96. The number of allylic oxidation sites excluding steroid dienone is 1. The van der Waals surface area contributed by atoms with E-state index in [1.54, 1.807) is 0 Å². The molecule has 110 valence electrons. The highest BCUT2D eigenvalue weighted by Crippen LogP contribution is 2.03. The number of alkyl halides is 1. The van der Waals surface area contributed by atoms with Crippen molar-refractivity contribution < 1.29 is 4.74 Å². The van der Waals surface area contributed by atoms with Gasteiger partial charge in [0.05, 0.1) is 13.2 Å². The Morgan fingerprint density at radius 3 is 2.58 bits per heavy atom. The molecule has 2 heteroatoms. The van der Waals surface area contributed by atoms with Crippen LogP contribution in [0, 0.1) is 0 Å². The first-order valence-electron chi connectivity index (χ1n) is 7.60. The van der Waals surface area contributed by atoms with Crippen LogP contribution in [0.1, 0.15) is 58.3 Å². The van der Waals surface area contributed by atoms with E-state index in [0.717, 1.165) is 31.7 Å². The van der Waals surface area contributed by atoms with E-state index in [9.17, 15) is 0 Å². The minimum Gasteiger partial charge on any atom is -0.376 e. The second-order valence-corrected chi connectivity index (χ2v) is 4.97. The van der Waals surface area contributed by atoms with Crippen LogP contribution >= 0.6 is 11.6 Å². The largest absolute Gasteiger partial charge is 0.376 e. The van der Waals surface area contributed by atoms with Crippen molar-refractivity contribution in [3.63, 3.8) is 0 Å². The maximum Gasteiger partial charge on any atom is 0.0721 e. The zero-order valence-electron chi connectivity index (χ0n) is 12.4. The van der Waals surface area contributed by atoms with E-state index in [-0.39, 0.29) is 0 Å². The molecule has 0 amide bonds. The second-order valence-electron chi connectivity index (χ2n) is 4.59. The summed E-state index contributed by atoms with van der Waals surface area (Å²) in [6, 6.07) is 0. The van der Waals surface area contributed by atoms with Gasteiger partial charge in [0.15, 0.2) is 0 Å². The first-order valence-corrected chi connectivity index (χ1v) is 8.13. The van der Waals surface area contributed by atoms with Crippen molar-refractivity contribution >= 4 is 11.6 Å². The van der Waals surface area contributed by atoms with Crippen molar-refractivity contribution in [1.29, 1.82) is 0 Å². The molecule has 0 aliphatic rings. The number of hydrogen-bond acceptors (Lipinski definition) is 1. The van der Waals surface area contributed by atoms with Gasteiger partial charge in [-0.3, -0.25) is 0 Å². The number of hydrogen-bond donors (Lipinski definition) is 0. The molecule has 1 nitrogen and oxygen atoms in total. The van der Waals surface area contributed by atoms with Gasteiger partial charge in [-0.1, -0.05) is 38.3 Å². The molecular formula is C17H29ClO. The van der Waals surface area contributed by atoms with Crippen LogP contribution in [0.2, 0.25) is 0 Å². The Kier molecular flexibility index (Phi) is 17.1. The lowest BCUT2D eigenvalue weighted by molar-refractivity contribution is 0.167. The van der Waals surface area contributed by atoms with Crippen LogP contribution in [-0.4, -0.2) is 19.1 Å². The highest BCUT2D eigenvalue weighted by Gasteiger charge is 1.85. The van der Waals surface area contributed by atoms with E-state index >= 15 is 0 Å². The van der Waals surface area contributed by atoms with Gasteiger partial charge in [0.2, 0.25) is 0 Å². The SMILES string of the molecule is CCCCCCC=CCCOCC=C=CCCCCl. The summed E-state index contributed by atoms with van der Waals surface area (Å²) in [5.74, 6) is 0.722. The molecule has 0 atom stereocenters. The third kappa shape index (κ3) is 17.5. The first-order chi connectivity index (χ1) is 9.41. The maximum atomic E-state index is 5.57. The van der Waals surface area contributed by atoms with Crippen molar-refractivity contribution in [3.05, 3.63) is 30.0 Å². The quantitative estimate of drug-likeness (QED) is 0.184. The highest BCUT2D eigenvalue weighted by molar-refractivity contribution is 6.17. The minimum absolute atomic E-state index is 0.654. The summed E-state index contributed by atoms with van der Waals surface area (Å²) in [5.41, 5.74) is 3.10. The Morgan fingerprint density at radius 1 is 0.947 bits per heavy atom. The molecule has 19 heavy (non-hydrogen) atoms. The zero-order chi connectivity index (χ0) is 14.0. The van der Waals surface area contributed by atoms with Gasteiger partial charge < -0.3 is 4.74 Å². The maximum absolute atomic E-state index is 5.57. The normalized spacial score (nSPS) is 10.6. The van der Waals surface area contributed by atoms with Crippen LogP contribution in [0.4, 0.5) is 0 Å². The highest BCUT2D eigenvalue weighted by atomic mass is 35.5. The van der Waals surface area contributed by atoms with Gasteiger partial charge in [0.25, 0.3) is 0 Å². The lowest BCUT2D eigenvalue weighted by atomic mass is 10.1. The number of halogens is 1. The van der Waals surface area contributed by atoms with Crippen LogP contribution in [0.15, 0.2) is 30.0 Å². The van der Waals surface area contributed by atoms with Crippen molar-refractivity contribution in [2.24, 2.45) is 0 Å². The molecule has 0 aliphatic heterocycles. The van der Waals surface area contributed by atoms with E-state index in [0.29, 0.717) is 6.61 Å². The topological polar surface area (TPSA) is 9.23 Å². The average Bonchev–Trinajstić information content (AvgIpc) is 2.43. The number of ether oxygens (including phenoxy) is 1. The smallest absolute Gasteiger partial charge is 0.0721 e. The number of unbranched alkanes of at least 4 members (excludes halogenated alkanes) is 5. The van der Waals surface area contributed by atoms with Crippen molar-refractivity contribution in [3.8, 4) is 0 Å². The predicted molar refractivity (Wildman–Crippen MR) is 85.9 cm³/mol. The fourth-order valence-electron chi connectivity index (χ4n) is 1.61. The molecule has 0 rings (SSSR count). The van der Waals surface area contributed by atoms with Gasteiger partial charge in [-0.15, -0.1) is 17.3 Å². The van der Waals surface area contributed by atoms with Crippen LogP contribution in [-0.2, 0) is 4.74 Å². The van der Waals surface area contributed by atoms with E-state index < -0.39 is 0 Å². The summed E-state index contributed by atoms with van der Waals surface area (Å²) >= 11 is 5.57. The summed E-state index contributed by atoms with van der Waals surface area (Å²) in [6.07, 6.45) is 18.1. The summed E-state index contributed by atoms with van der Waals surface area (Å²) in [7, 11) is 0. The summed E-state index contributed by atoms with van der Waals surface area (Å²) < 4.78 is 5.47. The molecule has 0 N–H and O–H groups in total. The van der Waals surface area contributed by atoms with Gasteiger partial charge in [0.1, 0.15) is 0 Å². The molecule has 0 aromatic rings. The molecule has 0 aromatic heterocycles. The molecule has 0 saturated carbocycles. The molecule has 0 unspecified atom stereocenters. The molecule has 0 heterocycles. The fourth-order valence-corrected chi connectivity index (χ4v) is 1.77. The lowest BCUT2D eigenvalue weighted by Crippen LogP contribution is -1.91. The molecule has 0 saturated heterocycles. The van der Waals surface area contributed by atoms with Crippen LogP contribution in [0.5, 0.6) is 0 Å². The molecule has 0 bridgehead atoms. The van der Waals surface area contributed by atoms with E-state index in [1.165, 1.54) is 32.1 Å². The van der Waals surface area contributed by atoms with E-state index in [4.69, 9.17) is 16.3 Å². The first kappa shape index (κ1) is 18.5. The Balaban J connectivity index is 3.21. The standard InChI is InChI=1S/C17H29ClO/c1-2-3-4-5-6-7-10-13-16-19-17-14-11-8-9-12-15-18/h7-8,10,14H,2-6,9,12-13,15-17H2,1H3. The zero-order valence-corrected chi connectivity index (χ0v) is 13.1. The third-order valence-corrected chi connectivity index (χ3v) is 3.01. The molecule has 0 aliphatic carbocycles. The molecule has 0 radical (unpaired) electrons. The Labute approximate surface area is 124 Å². The van der Waals surface area contributed by atoms with E-state index in [1.807, 2.05) is 12.2 Å². The fraction of sp³-hybridized carbons (Fsp3) is 0.706. The number of rotatable bonds is 13. The average molecular weight is 285 g/mol. The third-order valence-electron chi connectivity index (χ3n) is 2.74. The Hall–Kier alpha value is -0.490. The van der Waals surface area contributed by atoms with E-state index in [2.05, 4.69) is 24.8 Å². The summed E-state index contributed by atoms with van der Waals surface area (Å²) in [6.45, 7) is 3.70. The Bertz CT molecular complexity index is 252. The summed E-state index contributed by atoms with van der Waals surface area (Å²) in [4.78, 5) is 0. The van der Waals surface area contributed by atoms with Crippen LogP contribution in [0.3, 0.4) is 0 Å². The molecular weight excluding hydrogens is 256 g/mol. The van der Waals surface area contributed by atoms with Crippen LogP contribution in [0.25, 0.3) is 0 Å². The van der Waals surface area contributed by atoms with Crippen molar-refractivity contribution in [2.75, 3.05) is 19.1 Å². The molecule has 0 spiro atoms.